The molecule has 0 N–H and O–H groups in total. The highest BCUT2D eigenvalue weighted by molar-refractivity contribution is 5.86. The minimum Gasteiger partial charge on any atom is -0.460 e. The van der Waals surface area contributed by atoms with E-state index >= 15 is 0 Å². The number of hydrogen-bond acceptors (Lipinski definition) is 6. The molecule has 2 aromatic heterocycles. The fraction of sp³-hybridized carbons (Fsp3) is 0.143. The molecule has 3 aromatic rings. The lowest BCUT2D eigenvalue weighted by atomic mass is 10.1. The van der Waals surface area contributed by atoms with Gasteiger partial charge in [-0.05, 0) is 25.1 Å². The predicted octanol–water partition coefficient (Wildman–Crippen LogP) is 2.46. The van der Waals surface area contributed by atoms with Crippen LogP contribution in [0.2, 0.25) is 0 Å². The Labute approximate surface area is 114 Å². The number of esters is 1. The molecule has 0 bridgehead atoms. The van der Waals surface area contributed by atoms with Crippen molar-refractivity contribution in [2.45, 2.75) is 6.92 Å². The van der Waals surface area contributed by atoms with Gasteiger partial charge in [0.25, 0.3) is 0 Å². The first-order valence-corrected chi connectivity index (χ1v) is 6.11. The number of carbonyl (C=O) groups is 1. The number of fused-ring (bicyclic) bond motifs is 1. The molecule has 0 radical (unpaired) electrons. The molecule has 20 heavy (non-hydrogen) atoms. The summed E-state index contributed by atoms with van der Waals surface area (Å²) in [6, 6.07) is 7.24. The van der Waals surface area contributed by atoms with Crippen LogP contribution in [0, 0.1) is 0 Å². The highest BCUT2D eigenvalue weighted by atomic mass is 16.5. The lowest BCUT2D eigenvalue weighted by Gasteiger charge is -2.03. The van der Waals surface area contributed by atoms with Crippen LogP contribution in [0.15, 0.2) is 41.3 Å². The fourth-order valence-electron chi connectivity index (χ4n) is 1.83. The molecule has 6 heteroatoms. The van der Waals surface area contributed by atoms with Crippen molar-refractivity contribution in [1.29, 1.82) is 0 Å². The van der Waals surface area contributed by atoms with Crippen molar-refractivity contribution < 1.29 is 13.9 Å². The summed E-state index contributed by atoms with van der Waals surface area (Å²) in [6.45, 7) is 2.02. The smallest absolute Gasteiger partial charge is 0.376 e. The quantitative estimate of drug-likeness (QED) is 0.679. The SMILES string of the molecule is CCOC(=O)c1nccc(-c2ccc3ncoc3c2)n1. The van der Waals surface area contributed by atoms with Crippen molar-refractivity contribution in [3.05, 3.63) is 42.7 Å². The molecule has 1 aromatic carbocycles. The molecule has 2 heterocycles. The van der Waals surface area contributed by atoms with Crippen LogP contribution < -0.4 is 0 Å². The summed E-state index contributed by atoms with van der Waals surface area (Å²) < 4.78 is 10.1. The van der Waals surface area contributed by atoms with Crippen molar-refractivity contribution in [2.75, 3.05) is 6.61 Å². The number of nitrogens with zero attached hydrogens (tertiary/aromatic N) is 3. The molecule has 0 aliphatic carbocycles. The first kappa shape index (κ1) is 12.3. The Kier molecular flexibility index (Phi) is 3.12. The number of ether oxygens (including phenoxy) is 1. The summed E-state index contributed by atoms with van der Waals surface area (Å²) >= 11 is 0. The topological polar surface area (TPSA) is 78.1 Å². The summed E-state index contributed by atoms with van der Waals surface area (Å²) in [6.07, 6.45) is 2.91. The maximum atomic E-state index is 11.6. The van der Waals surface area contributed by atoms with Crippen molar-refractivity contribution in [1.82, 2.24) is 15.0 Å². The van der Waals surface area contributed by atoms with Gasteiger partial charge in [-0.1, -0.05) is 6.07 Å². The normalized spacial score (nSPS) is 10.7. The first-order valence-electron chi connectivity index (χ1n) is 6.11. The zero-order chi connectivity index (χ0) is 13.9. The van der Waals surface area contributed by atoms with E-state index < -0.39 is 5.97 Å². The number of carbonyl (C=O) groups excluding carboxylic acids is 1. The van der Waals surface area contributed by atoms with Crippen LogP contribution in [0.25, 0.3) is 22.4 Å². The second-order valence-electron chi connectivity index (χ2n) is 4.02. The zero-order valence-electron chi connectivity index (χ0n) is 10.7. The second-order valence-corrected chi connectivity index (χ2v) is 4.02. The van der Waals surface area contributed by atoms with Gasteiger partial charge in [0.1, 0.15) is 5.52 Å². The van der Waals surface area contributed by atoms with E-state index in [4.69, 9.17) is 9.15 Å². The van der Waals surface area contributed by atoms with Gasteiger partial charge in [-0.15, -0.1) is 0 Å². The van der Waals surface area contributed by atoms with Crippen LogP contribution >= 0.6 is 0 Å². The van der Waals surface area contributed by atoms with E-state index in [0.717, 1.165) is 11.1 Å². The minimum atomic E-state index is -0.532. The second kappa shape index (κ2) is 5.08. The van der Waals surface area contributed by atoms with Gasteiger partial charge in [0.15, 0.2) is 12.0 Å². The lowest BCUT2D eigenvalue weighted by Crippen LogP contribution is -2.09. The van der Waals surface area contributed by atoms with Crippen molar-refractivity contribution in [3.63, 3.8) is 0 Å². The molecule has 100 valence electrons. The highest BCUT2D eigenvalue weighted by Crippen LogP contribution is 2.22. The van der Waals surface area contributed by atoms with Gasteiger partial charge in [0, 0.05) is 11.8 Å². The van der Waals surface area contributed by atoms with Crippen molar-refractivity contribution in [3.8, 4) is 11.3 Å². The van der Waals surface area contributed by atoms with E-state index in [1.807, 2.05) is 18.2 Å². The zero-order valence-corrected chi connectivity index (χ0v) is 10.7. The van der Waals surface area contributed by atoms with Gasteiger partial charge in [-0.2, -0.15) is 0 Å². The Hall–Kier alpha value is -2.76. The minimum absolute atomic E-state index is 0.0435. The molecular weight excluding hydrogens is 258 g/mol. The maximum Gasteiger partial charge on any atom is 0.376 e. The summed E-state index contributed by atoms with van der Waals surface area (Å²) in [5, 5.41) is 0. The number of benzene rings is 1. The average Bonchev–Trinajstić information content (AvgIpc) is 2.95. The summed E-state index contributed by atoms with van der Waals surface area (Å²) in [5.74, 6) is -0.489. The van der Waals surface area contributed by atoms with E-state index in [1.165, 1.54) is 12.6 Å². The monoisotopic (exact) mass is 269 g/mol. The number of oxazole rings is 1. The van der Waals surface area contributed by atoms with Crippen LogP contribution in [-0.4, -0.2) is 27.5 Å². The van der Waals surface area contributed by atoms with Gasteiger partial charge in [0.2, 0.25) is 5.82 Å². The largest absolute Gasteiger partial charge is 0.460 e. The summed E-state index contributed by atoms with van der Waals surface area (Å²) in [5.41, 5.74) is 2.88. The average molecular weight is 269 g/mol. The third-order valence-electron chi connectivity index (χ3n) is 2.74. The van der Waals surface area contributed by atoms with Crippen molar-refractivity contribution in [2.24, 2.45) is 0 Å². The van der Waals surface area contributed by atoms with Gasteiger partial charge in [0.05, 0.1) is 12.3 Å². The molecule has 0 fully saturated rings. The van der Waals surface area contributed by atoms with E-state index in [-0.39, 0.29) is 12.4 Å². The molecule has 0 spiro atoms. The third kappa shape index (κ3) is 2.23. The summed E-state index contributed by atoms with van der Waals surface area (Å²) in [4.78, 5) is 23.8. The van der Waals surface area contributed by atoms with Gasteiger partial charge in [-0.25, -0.2) is 19.7 Å². The molecule has 0 atom stereocenters. The standard InChI is InChI=1S/C14H11N3O3/c1-2-19-14(18)13-15-6-5-10(17-13)9-3-4-11-12(7-9)20-8-16-11/h3-8H,2H2,1H3. The summed E-state index contributed by atoms with van der Waals surface area (Å²) in [7, 11) is 0. The van der Waals surface area contributed by atoms with Gasteiger partial charge >= 0.3 is 5.97 Å². The van der Waals surface area contributed by atoms with Crippen LogP contribution in [-0.2, 0) is 4.74 Å². The van der Waals surface area contributed by atoms with Crippen LogP contribution in [0.3, 0.4) is 0 Å². The van der Waals surface area contributed by atoms with Crippen LogP contribution in [0.5, 0.6) is 0 Å². The first-order chi connectivity index (χ1) is 9.78. The molecule has 0 aliphatic heterocycles. The molecule has 0 amide bonds. The number of rotatable bonds is 3. The maximum absolute atomic E-state index is 11.6. The lowest BCUT2D eigenvalue weighted by molar-refractivity contribution is 0.0512. The van der Waals surface area contributed by atoms with Gasteiger partial charge < -0.3 is 9.15 Å². The molecule has 0 unspecified atom stereocenters. The Balaban J connectivity index is 2.00. The van der Waals surface area contributed by atoms with Crippen LogP contribution in [0.1, 0.15) is 17.5 Å². The Morgan fingerprint density at radius 3 is 3.05 bits per heavy atom. The number of hydrogen-bond donors (Lipinski definition) is 0. The van der Waals surface area contributed by atoms with E-state index in [1.54, 1.807) is 13.0 Å². The molecular formula is C14H11N3O3. The predicted molar refractivity (Wildman–Crippen MR) is 71.0 cm³/mol. The van der Waals surface area contributed by atoms with Gasteiger partial charge in [-0.3, -0.25) is 0 Å². The Morgan fingerprint density at radius 2 is 2.20 bits per heavy atom. The van der Waals surface area contributed by atoms with E-state index in [2.05, 4.69) is 15.0 Å². The van der Waals surface area contributed by atoms with Crippen LogP contribution in [0.4, 0.5) is 0 Å². The molecule has 0 saturated carbocycles. The fourth-order valence-corrected chi connectivity index (χ4v) is 1.83. The number of aromatic nitrogens is 3. The molecule has 0 aliphatic rings. The Morgan fingerprint density at radius 1 is 1.30 bits per heavy atom. The molecule has 6 nitrogen and oxygen atoms in total. The van der Waals surface area contributed by atoms with Crippen molar-refractivity contribution >= 4 is 17.1 Å². The molecule has 0 saturated heterocycles. The van der Waals surface area contributed by atoms with E-state index in [9.17, 15) is 4.79 Å². The van der Waals surface area contributed by atoms with E-state index in [0.29, 0.717) is 11.3 Å². The third-order valence-corrected chi connectivity index (χ3v) is 2.74. The molecule has 3 rings (SSSR count). The Bertz CT molecular complexity index is 767. The highest BCUT2D eigenvalue weighted by Gasteiger charge is 2.12.